The second kappa shape index (κ2) is 7.48. The van der Waals surface area contributed by atoms with Gasteiger partial charge in [-0.2, -0.15) is 24.9 Å². The van der Waals surface area contributed by atoms with Crippen molar-refractivity contribution in [1.82, 2.24) is 0 Å². The van der Waals surface area contributed by atoms with Crippen molar-refractivity contribution >= 4 is 29.5 Å². The quantitative estimate of drug-likeness (QED) is 0.443. The summed E-state index contributed by atoms with van der Waals surface area (Å²) in [7, 11) is 0. The van der Waals surface area contributed by atoms with Crippen LogP contribution in [0.1, 0.15) is 19.8 Å². The van der Waals surface area contributed by atoms with Crippen LogP contribution in [-0.2, 0) is 24.2 Å². The summed E-state index contributed by atoms with van der Waals surface area (Å²) in [6.45, 7) is 1.43. The maximum Gasteiger partial charge on any atom is 0.495 e. The van der Waals surface area contributed by atoms with Gasteiger partial charge in [-0.05, 0) is 18.4 Å². The first-order chi connectivity index (χ1) is 9.09. The third-order valence-corrected chi connectivity index (χ3v) is 2.92. The van der Waals surface area contributed by atoms with E-state index in [1.54, 1.807) is 6.26 Å². The SMILES string of the molecule is CCC(=O)C(N)(CCSC)C(=O)OOC(=O)C(F)(F)F. The summed E-state index contributed by atoms with van der Waals surface area (Å²) in [6, 6.07) is 0. The predicted octanol–water partition coefficient (Wildman–Crippen LogP) is 0.980. The monoisotopic (exact) mass is 317 g/mol. The molecule has 10 heteroatoms. The molecule has 0 aromatic rings. The molecule has 0 bridgehead atoms. The molecule has 2 N–H and O–H groups in total. The minimum absolute atomic E-state index is 0.118. The van der Waals surface area contributed by atoms with Crippen molar-refractivity contribution in [3.05, 3.63) is 0 Å². The van der Waals surface area contributed by atoms with Crippen molar-refractivity contribution in [2.24, 2.45) is 5.73 Å². The van der Waals surface area contributed by atoms with Crippen LogP contribution in [0.15, 0.2) is 0 Å². The first-order valence-corrected chi connectivity index (χ1v) is 6.80. The van der Waals surface area contributed by atoms with Crippen LogP contribution < -0.4 is 5.73 Å². The van der Waals surface area contributed by atoms with Crippen molar-refractivity contribution in [1.29, 1.82) is 0 Å². The van der Waals surface area contributed by atoms with Gasteiger partial charge < -0.3 is 5.73 Å². The van der Waals surface area contributed by atoms with Gasteiger partial charge >= 0.3 is 18.1 Å². The Kier molecular flexibility index (Phi) is 7.00. The number of hydrogen-bond acceptors (Lipinski definition) is 7. The van der Waals surface area contributed by atoms with E-state index in [1.807, 2.05) is 0 Å². The molecular weight excluding hydrogens is 303 g/mol. The molecule has 0 fully saturated rings. The maximum atomic E-state index is 11.9. The Morgan fingerprint density at radius 3 is 2.05 bits per heavy atom. The molecule has 0 saturated carbocycles. The van der Waals surface area contributed by atoms with Crippen molar-refractivity contribution in [2.75, 3.05) is 12.0 Å². The van der Waals surface area contributed by atoms with Crippen LogP contribution in [-0.4, -0.2) is 41.4 Å². The van der Waals surface area contributed by atoms with E-state index in [-0.39, 0.29) is 12.8 Å². The molecule has 0 aromatic heterocycles. The maximum absolute atomic E-state index is 11.9. The first-order valence-electron chi connectivity index (χ1n) is 5.40. The number of nitrogens with two attached hydrogens (primary N) is 1. The lowest BCUT2D eigenvalue weighted by Gasteiger charge is -2.23. The summed E-state index contributed by atoms with van der Waals surface area (Å²) < 4.78 is 35.6. The van der Waals surface area contributed by atoms with Gasteiger partial charge in [-0.1, -0.05) is 6.92 Å². The third kappa shape index (κ3) is 5.00. The van der Waals surface area contributed by atoms with Crippen LogP contribution >= 0.6 is 11.8 Å². The van der Waals surface area contributed by atoms with Crippen LogP contribution in [0.4, 0.5) is 13.2 Å². The molecule has 1 atom stereocenters. The average molecular weight is 317 g/mol. The topological polar surface area (TPSA) is 95.7 Å². The Balaban J connectivity index is 4.81. The highest BCUT2D eigenvalue weighted by molar-refractivity contribution is 7.98. The summed E-state index contributed by atoms with van der Waals surface area (Å²) in [6.07, 6.45) is -3.89. The summed E-state index contributed by atoms with van der Waals surface area (Å²) in [5.74, 6) is -4.66. The second-order valence-corrected chi connectivity index (χ2v) is 4.72. The van der Waals surface area contributed by atoms with Gasteiger partial charge in [-0.15, -0.1) is 0 Å². The molecule has 0 aliphatic rings. The molecule has 116 valence electrons. The number of carbonyl (C=O) groups is 3. The van der Waals surface area contributed by atoms with Gasteiger partial charge in [0.1, 0.15) is 0 Å². The highest BCUT2D eigenvalue weighted by Crippen LogP contribution is 2.19. The molecule has 0 aromatic carbocycles. The van der Waals surface area contributed by atoms with Crippen molar-refractivity contribution < 1.29 is 37.3 Å². The van der Waals surface area contributed by atoms with E-state index < -0.39 is 29.4 Å². The fraction of sp³-hybridized carbons (Fsp3) is 0.700. The fourth-order valence-electron chi connectivity index (χ4n) is 1.13. The Bertz CT molecular complexity index is 388. The van der Waals surface area contributed by atoms with Crippen LogP contribution in [0.25, 0.3) is 0 Å². The standard InChI is InChI=1S/C10H14F3NO5S/c1-3-6(15)9(14,4-5-20-2)7(16)18-19-8(17)10(11,12)13/h3-5,14H2,1-2H3. The van der Waals surface area contributed by atoms with Crippen molar-refractivity contribution in [3.8, 4) is 0 Å². The number of carbonyl (C=O) groups excluding carboxylic acids is 3. The molecule has 0 radical (unpaired) electrons. The number of rotatable bonds is 6. The summed E-state index contributed by atoms with van der Waals surface area (Å²) in [5, 5.41) is 0. The van der Waals surface area contributed by atoms with E-state index in [2.05, 4.69) is 9.78 Å². The van der Waals surface area contributed by atoms with Gasteiger partial charge in [0.2, 0.25) is 0 Å². The van der Waals surface area contributed by atoms with E-state index in [0.717, 1.165) is 0 Å². The molecule has 0 saturated heterocycles. The fourth-order valence-corrected chi connectivity index (χ4v) is 1.66. The lowest BCUT2D eigenvalue weighted by Crippen LogP contribution is -2.56. The van der Waals surface area contributed by atoms with Gasteiger partial charge in [0, 0.05) is 6.42 Å². The summed E-state index contributed by atoms with van der Waals surface area (Å²) in [4.78, 5) is 40.7. The Labute approximate surface area is 117 Å². The molecule has 0 spiro atoms. The van der Waals surface area contributed by atoms with E-state index in [0.29, 0.717) is 5.75 Å². The zero-order chi connectivity index (χ0) is 16.0. The largest absolute Gasteiger partial charge is 0.495 e. The molecule has 0 amide bonds. The van der Waals surface area contributed by atoms with E-state index >= 15 is 0 Å². The number of ketones is 1. The van der Waals surface area contributed by atoms with E-state index in [4.69, 9.17) is 5.73 Å². The van der Waals surface area contributed by atoms with Gasteiger partial charge in [-0.3, -0.25) is 4.79 Å². The van der Waals surface area contributed by atoms with Crippen LogP contribution in [0, 0.1) is 0 Å². The molecule has 0 aliphatic carbocycles. The third-order valence-electron chi connectivity index (χ3n) is 2.31. The zero-order valence-electron chi connectivity index (χ0n) is 10.8. The lowest BCUT2D eigenvalue weighted by atomic mass is 9.91. The van der Waals surface area contributed by atoms with Crippen LogP contribution in [0.3, 0.4) is 0 Å². The molecule has 0 aliphatic heterocycles. The predicted molar refractivity (Wildman–Crippen MR) is 63.5 cm³/mol. The van der Waals surface area contributed by atoms with Gasteiger partial charge in [0.05, 0.1) is 0 Å². The minimum atomic E-state index is -5.31. The van der Waals surface area contributed by atoms with Gasteiger partial charge in [-0.25, -0.2) is 19.4 Å². The highest BCUT2D eigenvalue weighted by Gasteiger charge is 2.46. The Hall–Kier alpha value is -1.29. The number of halogens is 3. The Morgan fingerprint density at radius 1 is 1.15 bits per heavy atom. The number of Topliss-reactive ketones (excluding diaryl/α,β-unsaturated/α-hetero) is 1. The molecule has 0 heterocycles. The molecule has 0 rings (SSSR count). The lowest BCUT2D eigenvalue weighted by molar-refractivity contribution is -0.288. The van der Waals surface area contributed by atoms with Crippen LogP contribution in [0.5, 0.6) is 0 Å². The van der Waals surface area contributed by atoms with E-state index in [1.165, 1.54) is 18.7 Å². The normalized spacial score (nSPS) is 14.3. The molecule has 6 nitrogen and oxygen atoms in total. The smallest absolute Gasteiger partial charge is 0.309 e. The summed E-state index contributed by atoms with van der Waals surface area (Å²) in [5.41, 5.74) is 3.43. The van der Waals surface area contributed by atoms with Gasteiger partial charge in [0.25, 0.3) is 0 Å². The Morgan fingerprint density at radius 2 is 1.65 bits per heavy atom. The molecular formula is C10H14F3NO5S. The van der Waals surface area contributed by atoms with Crippen molar-refractivity contribution in [2.45, 2.75) is 31.5 Å². The number of thioether (sulfide) groups is 1. The first kappa shape index (κ1) is 18.7. The molecule has 20 heavy (non-hydrogen) atoms. The number of alkyl halides is 3. The minimum Gasteiger partial charge on any atom is -0.309 e. The van der Waals surface area contributed by atoms with E-state index in [9.17, 15) is 27.6 Å². The zero-order valence-corrected chi connectivity index (χ0v) is 11.6. The number of hydrogen-bond donors (Lipinski definition) is 1. The molecule has 1 unspecified atom stereocenters. The summed E-state index contributed by atoms with van der Waals surface area (Å²) >= 11 is 1.27. The highest BCUT2D eigenvalue weighted by atomic mass is 32.2. The second-order valence-electron chi connectivity index (χ2n) is 3.73. The van der Waals surface area contributed by atoms with Gasteiger partial charge in [0.15, 0.2) is 11.3 Å². The average Bonchev–Trinajstić information content (AvgIpc) is 2.39. The van der Waals surface area contributed by atoms with Crippen molar-refractivity contribution in [3.63, 3.8) is 0 Å². The van der Waals surface area contributed by atoms with Crippen LogP contribution in [0.2, 0.25) is 0 Å².